The minimum absolute atomic E-state index is 0.103. The van der Waals surface area contributed by atoms with E-state index < -0.39 is 0 Å². The van der Waals surface area contributed by atoms with Crippen molar-refractivity contribution in [3.8, 4) is 23.7 Å². The Hall–Kier alpha value is -2.20. The first kappa shape index (κ1) is 31.8. The molecule has 0 saturated carbocycles. The lowest BCUT2D eigenvalue weighted by atomic mass is 10.1. The second kappa shape index (κ2) is 25.4. The van der Waals surface area contributed by atoms with Crippen LogP contribution < -0.4 is 0 Å². The molecule has 34 heavy (non-hydrogen) atoms. The first-order valence-corrected chi connectivity index (χ1v) is 13.5. The van der Waals surface area contributed by atoms with Gasteiger partial charge in [-0.3, -0.25) is 9.59 Å². The third-order valence-electron chi connectivity index (χ3n) is 5.38. The summed E-state index contributed by atoms with van der Waals surface area (Å²) in [5, 5.41) is 0. The van der Waals surface area contributed by atoms with Crippen molar-refractivity contribution in [1.82, 2.24) is 0 Å². The minimum Gasteiger partial charge on any atom is -0.462 e. The zero-order valence-corrected chi connectivity index (χ0v) is 22.0. The molecular formula is C30H48O4. The molecule has 0 saturated heterocycles. The van der Waals surface area contributed by atoms with E-state index in [4.69, 9.17) is 9.47 Å². The van der Waals surface area contributed by atoms with Crippen molar-refractivity contribution < 1.29 is 19.1 Å². The molecule has 0 unspecified atom stereocenters. The van der Waals surface area contributed by atoms with Crippen LogP contribution in [0.4, 0.5) is 0 Å². The van der Waals surface area contributed by atoms with Crippen molar-refractivity contribution >= 4 is 11.9 Å². The summed E-state index contributed by atoms with van der Waals surface area (Å²) in [6.45, 7) is 7.90. The molecule has 0 N–H and O–H groups in total. The molecule has 4 heteroatoms. The normalized spacial score (nSPS) is 9.94. The lowest BCUT2D eigenvalue weighted by Gasteiger charge is -2.06. The average Bonchev–Trinajstić information content (AvgIpc) is 2.80. The Labute approximate surface area is 209 Å². The van der Waals surface area contributed by atoms with Gasteiger partial charge in [0.1, 0.15) is 13.2 Å². The molecule has 0 aliphatic heterocycles. The largest absolute Gasteiger partial charge is 0.462 e. The van der Waals surface area contributed by atoms with Gasteiger partial charge in [-0.25, -0.2) is 0 Å². The number of carbonyl (C=O) groups is 2. The van der Waals surface area contributed by atoms with Gasteiger partial charge in [0.15, 0.2) is 0 Å². The molecule has 0 aromatic heterocycles. The van der Waals surface area contributed by atoms with Gasteiger partial charge in [0.25, 0.3) is 0 Å². The molecule has 0 aromatic carbocycles. The van der Waals surface area contributed by atoms with Crippen molar-refractivity contribution in [2.24, 2.45) is 0 Å². The van der Waals surface area contributed by atoms with Crippen molar-refractivity contribution in [3.05, 3.63) is 12.2 Å². The number of rotatable bonds is 21. The van der Waals surface area contributed by atoms with Crippen LogP contribution in [0, 0.1) is 23.7 Å². The maximum atomic E-state index is 11.7. The molecular weight excluding hydrogens is 424 g/mol. The number of unbranched alkanes of at least 4 members (excludes halogenated alkanes) is 14. The van der Waals surface area contributed by atoms with Crippen LogP contribution in [0.2, 0.25) is 0 Å². The van der Waals surface area contributed by atoms with Crippen molar-refractivity contribution in [2.75, 3.05) is 13.2 Å². The summed E-state index contributed by atoms with van der Waals surface area (Å²) in [6.07, 6.45) is 19.6. The third kappa shape index (κ3) is 26.1. The van der Waals surface area contributed by atoms with Gasteiger partial charge < -0.3 is 9.47 Å². The smallest absolute Gasteiger partial charge is 0.310 e. The summed E-state index contributed by atoms with van der Waals surface area (Å²) in [5.74, 6) is 11.7. The Balaban J connectivity index is 3.39. The first-order valence-electron chi connectivity index (χ1n) is 13.5. The third-order valence-corrected chi connectivity index (χ3v) is 5.38. The van der Waals surface area contributed by atoms with Crippen LogP contribution in [0.5, 0.6) is 0 Å². The molecule has 192 valence electrons. The number of hydrogen-bond donors (Lipinski definition) is 0. The van der Waals surface area contributed by atoms with Gasteiger partial charge in [0.2, 0.25) is 0 Å². The van der Waals surface area contributed by atoms with Crippen LogP contribution in [-0.4, -0.2) is 25.2 Å². The molecule has 0 atom stereocenters. The Morgan fingerprint density at radius 3 is 1.59 bits per heavy atom. The molecule has 0 aliphatic rings. The summed E-state index contributed by atoms with van der Waals surface area (Å²) in [4.78, 5) is 23.0. The summed E-state index contributed by atoms with van der Waals surface area (Å²) < 4.78 is 10.0. The van der Waals surface area contributed by atoms with Crippen LogP contribution in [0.3, 0.4) is 0 Å². The quantitative estimate of drug-likeness (QED) is 0.0743. The van der Waals surface area contributed by atoms with E-state index in [2.05, 4.69) is 37.2 Å². The fourth-order valence-electron chi connectivity index (χ4n) is 3.43. The van der Waals surface area contributed by atoms with Gasteiger partial charge in [0.05, 0.1) is 6.42 Å². The first-order chi connectivity index (χ1) is 16.6. The number of ether oxygens (including phenoxy) is 2. The molecule has 0 bridgehead atoms. The van der Waals surface area contributed by atoms with Gasteiger partial charge in [-0.15, -0.1) is 0 Å². The minimum atomic E-state index is -0.337. The number of esters is 2. The van der Waals surface area contributed by atoms with Gasteiger partial charge in [-0.05, 0) is 38.0 Å². The van der Waals surface area contributed by atoms with Crippen LogP contribution >= 0.6 is 0 Å². The molecule has 0 fully saturated rings. The second-order valence-corrected chi connectivity index (χ2v) is 9.02. The summed E-state index contributed by atoms with van der Waals surface area (Å²) in [5.41, 5.74) is 0.754. The van der Waals surface area contributed by atoms with Gasteiger partial charge in [0, 0.05) is 19.3 Å². The Kier molecular flexibility index (Phi) is 23.8. The summed E-state index contributed by atoms with van der Waals surface area (Å²) in [7, 11) is 0. The molecule has 0 heterocycles. The van der Waals surface area contributed by atoms with E-state index in [0.29, 0.717) is 6.42 Å². The lowest BCUT2D eigenvalue weighted by molar-refractivity contribution is -0.151. The van der Waals surface area contributed by atoms with Gasteiger partial charge in [-0.2, -0.15) is 0 Å². The van der Waals surface area contributed by atoms with Crippen molar-refractivity contribution in [1.29, 1.82) is 0 Å². The molecule has 0 aromatic rings. The van der Waals surface area contributed by atoms with E-state index in [1.807, 2.05) is 0 Å². The highest BCUT2D eigenvalue weighted by molar-refractivity contribution is 5.72. The van der Waals surface area contributed by atoms with E-state index >= 15 is 0 Å². The van der Waals surface area contributed by atoms with E-state index in [-0.39, 0.29) is 31.6 Å². The van der Waals surface area contributed by atoms with Crippen molar-refractivity contribution in [2.45, 2.75) is 129 Å². The monoisotopic (exact) mass is 472 g/mol. The highest BCUT2D eigenvalue weighted by atomic mass is 16.6. The number of carbonyl (C=O) groups excluding carboxylic acids is 2. The highest BCUT2D eigenvalue weighted by Gasteiger charge is 2.05. The molecule has 0 amide bonds. The molecule has 0 rings (SSSR count). The fourth-order valence-corrected chi connectivity index (χ4v) is 3.43. The Bertz CT molecular complexity index is 657. The van der Waals surface area contributed by atoms with Crippen LogP contribution in [0.1, 0.15) is 129 Å². The summed E-state index contributed by atoms with van der Waals surface area (Å²) in [6, 6.07) is 0. The maximum absolute atomic E-state index is 11.7. The second-order valence-electron chi connectivity index (χ2n) is 9.02. The van der Waals surface area contributed by atoms with Gasteiger partial charge >= 0.3 is 11.9 Å². The van der Waals surface area contributed by atoms with Crippen LogP contribution in [0.25, 0.3) is 0 Å². The van der Waals surface area contributed by atoms with Crippen LogP contribution in [0.15, 0.2) is 12.2 Å². The van der Waals surface area contributed by atoms with E-state index in [1.165, 1.54) is 64.2 Å². The zero-order chi connectivity index (χ0) is 25.1. The average molecular weight is 473 g/mol. The van der Waals surface area contributed by atoms with E-state index in [9.17, 15) is 9.59 Å². The lowest BCUT2D eigenvalue weighted by Crippen LogP contribution is -2.13. The van der Waals surface area contributed by atoms with E-state index in [0.717, 1.165) is 44.1 Å². The van der Waals surface area contributed by atoms with Crippen molar-refractivity contribution in [3.63, 3.8) is 0 Å². The molecule has 0 aliphatic carbocycles. The maximum Gasteiger partial charge on any atom is 0.310 e. The molecule has 0 radical (unpaired) electrons. The Morgan fingerprint density at radius 2 is 1.09 bits per heavy atom. The number of hydrogen-bond acceptors (Lipinski definition) is 4. The predicted molar refractivity (Wildman–Crippen MR) is 141 cm³/mol. The topological polar surface area (TPSA) is 52.6 Å². The molecule has 4 nitrogen and oxygen atoms in total. The predicted octanol–water partition coefficient (Wildman–Crippen LogP) is 7.70. The zero-order valence-electron chi connectivity index (χ0n) is 22.0. The van der Waals surface area contributed by atoms with Gasteiger partial charge in [-0.1, -0.05) is 102 Å². The fraction of sp³-hybridized carbons (Fsp3) is 0.733. The Morgan fingerprint density at radius 1 is 0.647 bits per heavy atom. The van der Waals surface area contributed by atoms with E-state index in [1.54, 1.807) is 6.92 Å². The molecule has 0 spiro atoms. The summed E-state index contributed by atoms with van der Waals surface area (Å²) >= 11 is 0. The highest BCUT2D eigenvalue weighted by Crippen LogP contribution is 2.10. The SMILES string of the molecule is C=C(C)CC(=O)OCCOC(=O)CCCCCCCCC#CC#CCCCCCCCCCC. The standard InChI is InChI=1S/C30H48O4/c1-4-5-6-7-8-9-10-11-12-13-14-15-16-17-18-19-20-21-22-23-24-29(31)33-25-26-34-30(32)27-28(2)3/h2,4-12,17-27H2,1,3H3. The van der Waals surface area contributed by atoms with Crippen LogP contribution in [-0.2, 0) is 19.1 Å².